The lowest BCUT2D eigenvalue weighted by atomic mass is 10.1. The number of aryl methyl sites for hydroxylation is 1. The summed E-state index contributed by atoms with van der Waals surface area (Å²) < 4.78 is 5.79. The summed E-state index contributed by atoms with van der Waals surface area (Å²) in [7, 11) is 0. The van der Waals surface area contributed by atoms with Gasteiger partial charge in [0.15, 0.2) is 0 Å². The fourth-order valence-corrected chi connectivity index (χ4v) is 4.99. The molecule has 0 radical (unpaired) electrons. The number of carbonyl (C=O) groups excluding carboxylic acids is 1. The third kappa shape index (κ3) is 4.78. The van der Waals surface area contributed by atoms with Crippen molar-refractivity contribution in [1.29, 1.82) is 0 Å². The number of hydrogen-bond donors (Lipinski definition) is 1. The molecule has 3 heterocycles. The number of aromatic nitrogens is 3. The number of nitrogens with zero attached hydrogens (tertiary/aromatic N) is 3. The van der Waals surface area contributed by atoms with Crippen molar-refractivity contribution in [1.82, 2.24) is 19.9 Å². The maximum atomic E-state index is 13.5. The van der Waals surface area contributed by atoms with Gasteiger partial charge in [0, 0.05) is 24.1 Å². The van der Waals surface area contributed by atoms with Gasteiger partial charge < -0.3 is 14.6 Å². The predicted molar refractivity (Wildman–Crippen MR) is 133 cm³/mol. The molecule has 7 nitrogen and oxygen atoms in total. The van der Waals surface area contributed by atoms with Gasteiger partial charge in [-0.1, -0.05) is 43.3 Å². The molecular weight excluding hydrogens is 448 g/mol. The molecule has 1 aliphatic rings. The van der Waals surface area contributed by atoms with Gasteiger partial charge in [0.05, 0.1) is 23.6 Å². The molecule has 1 aliphatic heterocycles. The zero-order valence-electron chi connectivity index (χ0n) is 19.0. The Labute approximate surface area is 201 Å². The van der Waals surface area contributed by atoms with Crippen LogP contribution in [-0.2, 0) is 17.7 Å². The summed E-state index contributed by atoms with van der Waals surface area (Å²) in [6.45, 7) is 3.42. The summed E-state index contributed by atoms with van der Waals surface area (Å²) in [6.07, 6.45) is 2.82. The van der Waals surface area contributed by atoms with Crippen LogP contribution in [0, 0.1) is 0 Å². The lowest BCUT2D eigenvalue weighted by Crippen LogP contribution is -2.38. The van der Waals surface area contributed by atoms with Gasteiger partial charge in [-0.2, -0.15) is 0 Å². The summed E-state index contributed by atoms with van der Waals surface area (Å²) in [6, 6.07) is 15.5. The van der Waals surface area contributed by atoms with E-state index in [1.54, 1.807) is 22.4 Å². The minimum absolute atomic E-state index is 0.0316. The maximum absolute atomic E-state index is 13.5. The minimum Gasteiger partial charge on any atom is -0.376 e. The molecule has 0 saturated carbocycles. The first-order valence-electron chi connectivity index (χ1n) is 11.5. The SMILES string of the molecule is CCc1ccc(-c2nc(C(=O)N(Cc3nc4ccccc4c(=O)[nH]3)CC3CCCO3)cs2)cc1. The van der Waals surface area contributed by atoms with Crippen LogP contribution in [0.15, 0.2) is 58.7 Å². The fraction of sp³-hybridized carbons (Fsp3) is 0.308. The van der Waals surface area contributed by atoms with Gasteiger partial charge >= 0.3 is 0 Å². The molecule has 1 unspecified atom stereocenters. The monoisotopic (exact) mass is 474 g/mol. The van der Waals surface area contributed by atoms with Crippen LogP contribution in [0.3, 0.4) is 0 Å². The lowest BCUT2D eigenvalue weighted by molar-refractivity contribution is 0.0497. The maximum Gasteiger partial charge on any atom is 0.273 e. The van der Waals surface area contributed by atoms with Crippen molar-refractivity contribution in [2.75, 3.05) is 13.2 Å². The van der Waals surface area contributed by atoms with Gasteiger partial charge in [-0.05, 0) is 37.0 Å². The molecule has 2 aromatic carbocycles. The molecule has 1 saturated heterocycles. The van der Waals surface area contributed by atoms with Gasteiger partial charge in [-0.15, -0.1) is 11.3 Å². The number of aromatic amines is 1. The van der Waals surface area contributed by atoms with E-state index in [0.717, 1.165) is 29.8 Å². The van der Waals surface area contributed by atoms with Crippen LogP contribution in [-0.4, -0.2) is 45.0 Å². The van der Waals surface area contributed by atoms with Crippen LogP contribution >= 0.6 is 11.3 Å². The third-order valence-corrected chi connectivity index (χ3v) is 6.96. The highest BCUT2D eigenvalue weighted by molar-refractivity contribution is 7.13. The third-order valence-electron chi connectivity index (χ3n) is 6.07. The Balaban J connectivity index is 1.42. The standard InChI is InChI=1S/C26H26N4O3S/c1-2-17-9-11-18(12-10-17)25-28-22(16-34-25)26(32)30(14-19-6-5-13-33-19)15-23-27-21-8-4-3-7-20(21)24(31)29-23/h3-4,7-12,16,19H,2,5-6,13-15H2,1H3,(H,27,29,31). The van der Waals surface area contributed by atoms with E-state index in [-0.39, 0.29) is 24.1 Å². The Bertz CT molecular complexity index is 1360. The normalized spacial score (nSPS) is 15.6. The Morgan fingerprint density at radius 1 is 1.18 bits per heavy atom. The summed E-state index contributed by atoms with van der Waals surface area (Å²) in [5.74, 6) is 0.250. The Morgan fingerprint density at radius 2 is 2.00 bits per heavy atom. The van der Waals surface area contributed by atoms with Crippen LogP contribution in [0.4, 0.5) is 0 Å². The largest absolute Gasteiger partial charge is 0.376 e. The molecule has 1 fully saturated rings. The van der Waals surface area contributed by atoms with Crippen LogP contribution < -0.4 is 5.56 Å². The Hall–Kier alpha value is -3.36. The Morgan fingerprint density at radius 3 is 2.76 bits per heavy atom. The summed E-state index contributed by atoms with van der Waals surface area (Å²) in [5, 5.41) is 3.13. The number of ether oxygens (including phenoxy) is 1. The summed E-state index contributed by atoms with van der Waals surface area (Å²) >= 11 is 1.45. The molecule has 174 valence electrons. The minimum atomic E-state index is -0.211. The topological polar surface area (TPSA) is 88.2 Å². The van der Waals surface area contributed by atoms with E-state index < -0.39 is 0 Å². The molecule has 0 aliphatic carbocycles. The van der Waals surface area contributed by atoms with Crippen LogP contribution in [0.2, 0.25) is 0 Å². The molecule has 2 aromatic heterocycles. The average molecular weight is 475 g/mol. The Kier molecular flexibility index (Phi) is 6.51. The van der Waals surface area contributed by atoms with E-state index in [9.17, 15) is 9.59 Å². The van der Waals surface area contributed by atoms with Crippen LogP contribution in [0.1, 0.15) is 41.6 Å². The summed E-state index contributed by atoms with van der Waals surface area (Å²) in [5.41, 5.74) is 3.04. The van der Waals surface area contributed by atoms with Gasteiger partial charge in [0.25, 0.3) is 11.5 Å². The molecule has 8 heteroatoms. The molecular formula is C26H26N4O3S. The van der Waals surface area contributed by atoms with Crippen molar-refractivity contribution in [3.63, 3.8) is 0 Å². The quantitative estimate of drug-likeness (QED) is 0.428. The van der Waals surface area contributed by atoms with E-state index >= 15 is 0 Å². The highest BCUT2D eigenvalue weighted by Crippen LogP contribution is 2.25. The van der Waals surface area contributed by atoms with E-state index in [1.165, 1.54) is 16.9 Å². The van der Waals surface area contributed by atoms with Gasteiger partial charge in [0.1, 0.15) is 16.5 Å². The highest BCUT2D eigenvalue weighted by Gasteiger charge is 2.26. The molecule has 5 rings (SSSR count). The number of amides is 1. The number of hydrogen-bond acceptors (Lipinski definition) is 6. The first-order valence-corrected chi connectivity index (χ1v) is 12.4. The molecule has 0 spiro atoms. The van der Waals surface area contributed by atoms with Crippen molar-refractivity contribution in [3.8, 4) is 10.6 Å². The van der Waals surface area contributed by atoms with Crippen LogP contribution in [0.25, 0.3) is 21.5 Å². The number of carbonyl (C=O) groups is 1. The average Bonchev–Trinajstić information content (AvgIpc) is 3.56. The van der Waals surface area contributed by atoms with E-state index in [2.05, 4.69) is 34.0 Å². The fourth-order valence-electron chi connectivity index (χ4n) is 4.19. The zero-order chi connectivity index (χ0) is 23.5. The van der Waals surface area contributed by atoms with Crippen molar-refractivity contribution in [2.24, 2.45) is 0 Å². The van der Waals surface area contributed by atoms with E-state index in [0.29, 0.717) is 35.6 Å². The number of H-pyrrole nitrogens is 1. The number of fused-ring (bicyclic) bond motifs is 1. The highest BCUT2D eigenvalue weighted by atomic mass is 32.1. The van der Waals surface area contributed by atoms with Crippen molar-refractivity contribution < 1.29 is 9.53 Å². The second-order valence-electron chi connectivity index (χ2n) is 8.44. The van der Waals surface area contributed by atoms with E-state index in [4.69, 9.17) is 4.74 Å². The van der Waals surface area contributed by atoms with Crippen molar-refractivity contribution in [2.45, 2.75) is 38.8 Å². The zero-order valence-corrected chi connectivity index (χ0v) is 19.8. The van der Waals surface area contributed by atoms with Crippen molar-refractivity contribution in [3.05, 3.63) is 81.3 Å². The van der Waals surface area contributed by atoms with Gasteiger partial charge in [-0.3, -0.25) is 9.59 Å². The number of benzene rings is 2. The number of rotatable bonds is 7. The van der Waals surface area contributed by atoms with E-state index in [1.807, 2.05) is 24.3 Å². The molecule has 34 heavy (non-hydrogen) atoms. The molecule has 1 N–H and O–H groups in total. The summed E-state index contributed by atoms with van der Waals surface area (Å²) in [4.78, 5) is 39.8. The first kappa shape index (κ1) is 22.4. The number of nitrogens with one attached hydrogen (secondary N) is 1. The van der Waals surface area contributed by atoms with Crippen molar-refractivity contribution >= 4 is 28.1 Å². The molecule has 1 amide bonds. The van der Waals surface area contributed by atoms with Gasteiger partial charge in [-0.25, -0.2) is 9.97 Å². The lowest BCUT2D eigenvalue weighted by Gasteiger charge is -2.24. The smallest absolute Gasteiger partial charge is 0.273 e. The first-order chi connectivity index (χ1) is 16.6. The van der Waals surface area contributed by atoms with Gasteiger partial charge in [0.2, 0.25) is 0 Å². The predicted octanol–water partition coefficient (Wildman–Crippen LogP) is 4.43. The molecule has 4 aromatic rings. The number of para-hydroxylation sites is 1. The second kappa shape index (κ2) is 9.87. The number of thiazole rings is 1. The molecule has 0 bridgehead atoms. The van der Waals surface area contributed by atoms with Crippen LogP contribution in [0.5, 0.6) is 0 Å². The molecule has 1 atom stereocenters. The second-order valence-corrected chi connectivity index (χ2v) is 9.30.